The molecular weight excluding hydrogens is 322 g/mol. The molecular formula is C13H13N5O6. The maximum absolute atomic E-state index is 12.0. The minimum absolute atomic E-state index is 0.175. The Kier molecular flexibility index (Phi) is 4.73. The molecule has 2 aromatic rings. The van der Waals surface area contributed by atoms with Crippen LogP contribution >= 0.6 is 0 Å². The second kappa shape index (κ2) is 6.73. The van der Waals surface area contributed by atoms with Gasteiger partial charge in [-0.05, 0) is 6.92 Å². The third-order valence-corrected chi connectivity index (χ3v) is 3.02. The summed E-state index contributed by atoms with van der Waals surface area (Å²) < 4.78 is 5.68. The molecule has 2 amide bonds. The summed E-state index contributed by atoms with van der Waals surface area (Å²) >= 11 is 0. The first-order valence-electron chi connectivity index (χ1n) is 6.70. The maximum atomic E-state index is 12.0. The molecule has 0 aliphatic heterocycles. The molecule has 24 heavy (non-hydrogen) atoms. The van der Waals surface area contributed by atoms with Crippen LogP contribution in [0.3, 0.4) is 0 Å². The van der Waals surface area contributed by atoms with Gasteiger partial charge in [0.2, 0.25) is 5.91 Å². The van der Waals surface area contributed by atoms with Crippen molar-refractivity contribution in [2.75, 3.05) is 5.32 Å². The van der Waals surface area contributed by atoms with E-state index in [0.717, 1.165) is 16.8 Å². The first-order valence-corrected chi connectivity index (χ1v) is 6.70. The Balaban J connectivity index is 2.16. The van der Waals surface area contributed by atoms with Crippen molar-refractivity contribution in [3.05, 3.63) is 50.1 Å². The molecule has 0 saturated heterocycles. The van der Waals surface area contributed by atoms with Crippen molar-refractivity contribution in [3.63, 3.8) is 0 Å². The molecule has 3 N–H and O–H groups in total. The Labute approximate surface area is 134 Å². The van der Waals surface area contributed by atoms with Gasteiger partial charge in [0, 0.05) is 25.1 Å². The number of rotatable bonds is 6. The van der Waals surface area contributed by atoms with E-state index in [-0.39, 0.29) is 18.8 Å². The SMILES string of the molecule is Cc1cc(NC(=O)CCn2cc([N+](=O)[O-])cc(C(N)=O)c2=O)no1. The van der Waals surface area contributed by atoms with Crippen LogP contribution in [0.4, 0.5) is 11.5 Å². The van der Waals surface area contributed by atoms with Gasteiger partial charge in [0.05, 0.1) is 11.1 Å². The van der Waals surface area contributed by atoms with Gasteiger partial charge in [0.25, 0.3) is 17.2 Å². The smallest absolute Gasteiger partial charge is 0.286 e. The largest absolute Gasteiger partial charge is 0.365 e. The predicted molar refractivity (Wildman–Crippen MR) is 80.4 cm³/mol. The van der Waals surface area contributed by atoms with E-state index < -0.39 is 33.5 Å². The lowest BCUT2D eigenvalue weighted by Gasteiger charge is -2.07. The molecule has 0 saturated carbocycles. The van der Waals surface area contributed by atoms with Gasteiger partial charge in [-0.25, -0.2) is 0 Å². The first-order chi connectivity index (χ1) is 11.3. The van der Waals surface area contributed by atoms with Crippen molar-refractivity contribution in [3.8, 4) is 0 Å². The lowest BCUT2D eigenvalue weighted by atomic mass is 10.2. The number of primary amides is 1. The zero-order valence-electron chi connectivity index (χ0n) is 12.5. The van der Waals surface area contributed by atoms with Crippen LogP contribution in [0.2, 0.25) is 0 Å². The summed E-state index contributed by atoms with van der Waals surface area (Å²) in [5, 5.41) is 16.9. The second-order valence-corrected chi connectivity index (χ2v) is 4.85. The normalized spacial score (nSPS) is 10.4. The van der Waals surface area contributed by atoms with Crippen LogP contribution in [0.25, 0.3) is 0 Å². The van der Waals surface area contributed by atoms with Gasteiger partial charge in [-0.2, -0.15) is 0 Å². The van der Waals surface area contributed by atoms with Crippen LogP contribution in [0.5, 0.6) is 0 Å². The third kappa shape index (κ3) is 3.82. The first kappa shape index (κ1) is 16.9. The van der Waals surface area contributed by atoms with E-state index in [1.165, 1.54) is 6.07 Å². The second-order valence-electron chi connectivity index (χ2n) is 4.85. The highest BCUT2D eigenvalue weighted by atomic mass is 16.6. The van der Waals surface area contributed by atoms with Crippen LogP contribution in [0.1, 0.15) is 22.5 Å². The van der Waals surface area contributed by atoms with Crippen molar-refractivity contribution in [2.45, 2.75) is 19.9 Å². The molecule has 0 aliphatic carbocycles. The molecule has 11 nitrogen and oxygen atoms in total. The molecule has 0 bridgehead atoms. The molecule has 0 aliphatic rings. The minimum Gasteiger partial charge on any atom is -0.365 e. The van der Waals surface area contributed by atoms with Gasteiger partial charge < -0.3 is 20.1 Å². The molecule has 11 heteroatoms. The number of nitro groups is 1. The molecule has 0 atom stereocenters. The number of amides is 2. The van der Waals surface area contributed by atoms with E-state index in [1.54, 1.807) is 6.92 Å². The minimum atomic E-state index is -1.08. The molecule has 2 aromatic heterocycles. The highest BCUT2D eigenvalue weighted by molar-refractivity contribution is 5.93. The number of carbonyl (C=O) groups is 2. The Hall–Kier alpha value is -3.50. The Morgan fingerprint density at radius 1 is 1.46 bits per heavy atom. The van der Waals surface area contributed by atoms with E-state index in [2.05, 4.69) is 10.5 Å². The number of aryl methyl sites for hydroxylation is 2. The van der Waals surface area contributed by atoms with E-state index in [4.69, 9.17) is 10.3 Å². The Morgan fingerprint density at radius 2 is 2.17 bits per heavy atom. The zero-order chi connectivity index (χ0) is 17.9. The fourth-order valence-corrected chi connectivity index (χ4v) is 1.92. The molecule has 0 fully saturated rings. The van der Waals surface area contributed by atoms with E-state index in [9.17, 15) is 24.5 Å². The van der Waals surface area contributed by atoms with Crippen molar-refractivity contribution in [1.82, 2.24) is 9.72 Å². The topological polar surface area (TPSA) is 163 Å². The number of nitrogens with one attached hydrogen (secondary N) is 1. The van der Waals surface area contributed by atoms with Crippen LogP contribution in [-0.4, -0.2) is 26.5 Å². The fourth-order valence-electron chi connectivity index (χ4n) is 1.92. The van der Waals surface area contributed by atoms with Crippen molar-refractivity contribution >= 4 is 23.3 Å². The van der Waals surface area contributed by atoms with Gasteiger partial charge in [0.15, 0.2) is 5.82 Å². The molecule has 0 aromatic carbocycles. The van der Waals surface area contributed by atoms with Crippen LogP contribution < -0.4 is 16.6 Å². The average Bonchev–Trinajstić information content (AvgIpc) is 2.90. The predicted octanol–water partition coefficient (Wildman–Crippen LogP) is 0.181. The highest BCUT2D eigenvalue weighted by Crippen LogP contribution is 2.11. The summed E-state index contributed by atoms with van der Waals surface area (Å²) in [6, 6.07) is 2.31. The maximum Gasteiger partial charge on any atom is 0.286 e. The summed E-state index contributed by atoms with van der Waals surface area (Å²) in [5.74, 6) is -0.852. The summed E-state index contributed by atoms with van der Waals surface area (Å²) in [5.41, 5.74) is 3.24. The van der Waals surface area contributed by atoms with Crippen LogP contribution in [-0.2, 0) is 11.3 Å². The van der Waals surface area contributed by atoms with Crippen molar-refractivity contribution < 1.29 is 19.0 Å². The molecule has 2 heterocycles. The van der Waals surface area contributed by atoms with Crippen molar-refractivity contribution in [2.24, 2.45) is 5.73 Å². The molecule has 0 spiro atoms. The van der Waals surface area contributed by atoms with Gasteiger partial charge in [-0.15, -0.1) is 0 Å². The lowest BCUT2D eigenvalue weighted by molar-refractivity contribution is -0.385. The summed E-state index contributed by atoms with van der Waals surface area (Å²) in [6.07, 6.45) is 0.771. The summed E-state index contributed by atoms with van der Waals surface area (Å²) in [6.45, 7) is 1.47. The quantitative estimate of drug-likeness (QED) is 0.561. The number of nitrogens with two attached hydrogens (primary N) is 1. The fraction of sp³-hybridized carbons (Fsp3) is 0.231. The molecule has 126 valence electrons. The number of nitrogens with zero attached hydrogens (tertiary/aromatic N) is 3. The standard InChI is InChI=1S/C13H13N5O6/c1-7-4-10(16-24-7)15-11(19)2-3-17-6-8(18(22)23)5-9(12(14)20)13(17)21/h4-6H,2-3H2,1H3,(H2,14,20)(H,15,16,19). The Morgan fingerprint density at radius 3 is 2.71 bits per heavy atom. The lowest BCUT2D eigenvalue weighted by Crippen LogP contribution is -2.30. The van der Waals surface area contributed by atoms with Crippen LogP contribution in [0, 0.1) is 17.0 Å². The number of hydrogen-bond donors (Lipinski definition) is 2. The molecule has 2 rings (SSSR count). The van der Waals surface area contributed by atoms with E-state index >= 15 is 0 Å². The monoisotopic (exact) mass is 335 g/mol. The molecule has 0 unspecified atom stereocenters. The third-order valence-electron chi connectivity index (χ3n) is 3.02. The highest BCUT2D eigenvalue weighted by Gasteiger charge is 2.18. The van der Waals surface area contributed by atoms with E-state index in [1.807, 2.05) is 0 Å². The van der Waals surface area contributed by atoms with Crippen molar-refractivity contribution in [1.29, 1.82) is 0 Å². The van der Waals surface area contributed by atoms with Crippen LogP contribution in [0.15, 0.2) is 27.6 Å². The number of hydrogen-bond acceptors (Lipinski definition) is 7. The molecule has 0 radical (unpaired) electrons. The van der Waals surface area contributed by atoms with E-state index in [0.29, 0.717) is 5.76 Å². The number of anilines is 1. The number of pyridine rings is 1. The summed E-state index contributed by atoms with van der Waals surface area (Å²) in [4.78, 5) is 45.2. The van der Waals surface area contributed by atoms with Gasteiger partial charge in [-0.3, -0.25) is 24.5 Å². The van der Waals surface area contributed by atoms with Gasteiger partial charge in [0.1, 0.15) is 11.3 Å². The Bertz CT molecular complexity index is 868. The number of carbonyl (C=O) groups excluding carboxylic acids is 2. The average molecular weight is 335 g/mol. The number of aromatic nitrogens is 2. The van der Waals surface area contributed by atoms with Gasteiger partial charge in [-0.1, -0.05) is 5.16 Å². The zero-order valence-corrected chi connectivity index (χ0v) is 12.5. The van der Waals surface area contributed by atoms with Gasteiger partial charge >= 0.3 is 0 Å². The summed E-state index contributed by atoms with van der Waals surface area (Å²) in [7, 11) is 0.